The summed E-state index contributed by atoms with van der Waals surface area (Å²) in [5, 5.41) is 8.22. The van der Waals surface area contributed by atoms with E-state index in [1.807, 2.05) is 6.08 Å². The van der Waals surface area contributed by atoms with Crippen LogP contribution >= 0.6 is 0 Å². The third-order valence-corrected chi connectivity index (χ3v) is 1.16. The number of allylic oxidation sites excluding steroid dienone is 1. The fourth-order valence-corrected chi connectivity index (χ4v) is 0.591. The Hall–Kier alpha value is -0.830. The van der Waals surface area contributed by atoms with Crippen molar-refractivity contribution in [3.63, 3.8) is 0 Å². The number of carbonyl (C=O) groups is 1. The van der Waals surface area contributed by atoms with Crippen molar-refractivity contribution in [1.29, 1.82) is 0 Å². The third-order valence-electron chi connectivity index (χ3n) is 1.16. The molecular weight excluding hydrogens is 144 g/mol. The summed E-state index contributed by atoms with van der Waals surface area (Å²) in [5.74, 6) is -0.811. The van der Waals surface area contributed by atoms with Gasteiger partial charge in [0, 0.05) is 6.61 Å². The standard InChI is InChI=1S/C8H14O3/c1-2-3-4-6-11-7-5-8(9)10/h2H,1,3-7H2,(H,9,10). The second-order valence-electron chi connectivity index (χ2n) is 2.19. The summed E-state index contributed by atoms with van der Waals surface area (Å²) in [6.45, 7) is 4.49. The summed E-state index contributed by atoms with van der Waals surface area (Å²) in [6, 6.07) is 0. The average molecular weight is 158 g/mol. The molecule has 0 aromatic rings. The van der Waals surface area contributed by atoms with Crippen molar-refractivity contribution in [1.82, 2.24) is 0 Å². The predicted molar refractivity (Wildman–Crippen MR) is 42.5 cm³/mol. The van der Waals surface area contributed by atoms with E-state index in [0.29, 0.717) is 13.2 Å². The van der Waals surface area contributed by atoms with Crippen LogP contribution in [0.4, 0.5) is 0 Å². The predicted octanol–water partition coefficient (Wildman–Crippen LogP) is 1.44. The summed E-state index contributed by atoms with van der Waals surface area (Å²) in [5.41, 5.74) is 0. The summed E-state index contributed by atoms with van der Waals surface area (Å²) in [7, 11) is 0. The van der Waals surface area contributed by atoms with Gasteiger partial charge in [-0.1, -0.05) is 6.08 Å². The van der Waals surface area contributed by atoms with Crippen LogP contribution in [-0.2, 0) is 9.53 Å². The monoisotopic (exact) mass is 158 g/mol. The van der Waals surface area contributed by atoms with Gasteiger partial charge in [-0.3, -0.25) is 4.79 Å². The summed E-state index contributed by atoms with van der Waals surface area (Å²) < 4.78 is 5.02. The topological polar surface area (TPSA) is 46.5 Å². The lowest BCUT2D eigenvalue weighted by atomic mass is 10.3. The maximum absolute atomic E-state index is 9.99. The fraction of sp³-hybridized carbons (Fsp3) is 0.625. The van der Waals surface area contributed by atoms with Crippen LogP contribution in [0.25, 0.3) is 0 Å². The number of carboxylic acid groups (broad SMARTS) is 1. The molecule has 0 aliphatic carbocycles. The first-order chi connectivity index (χ1) is 5.27. The molecule has 0 saturated carbocycles. The van der Waals surface area contributed by atoms with Crippen LogP contribution < -0.4 is 0 Å². The Kier molecular flexibility index (Phi) is 6.73. The number of aliphatic carboxylic acids is 1. The van der Waals surface area contributed by atoms with E-state index in [0.717, 1.165) is 12.8 Å². The highest BCUT2D eigenvalue weighted by Crippen LogP contribution is 1.91. The zero-order valence-corrected chi connectivity index (χ0v) is 6.58. The highest BCUT2D eigenvalue weighted by Gasteiger charge is 1.94. The Labute approximate surface area is 66.7 Å². The fourth-order valence-electron chi connectivity index (χ4n) is 0.591. The zero-order chi connectivity index (χ0) is 8.53. The Morgan fingerprint density at radius 3 is 2.82 bits per heavy atom. The maximum Gasteiger partial charge on any atom is 0.305 e. The molecule has 0 bridgehead atoms. The SMILES string of the molecule is C=CCCCOCCC(=O)O. The second-order valence-corrected chi connectivity index (χ2v) is 2.19. The van der Waals surface area contributed by atoms with Crippen molar-refractivity contribution in [2.75, 3.05) is 13.2 Å². The van der Waals surface area contributed by atoms with Gasteiger partial charge in [0.25, 0.3) is 0 Å². The van der Waals surface area contributed by atoms with Crippen LogP contribution in [0, 0.1) is 0 Å². The number of carboxylic acids is 1. The lowest BCUT2D eigenvalue weighted by Crippen LogP contribution is -2.03. The van der Waals surface area contributed by atoms with Crippen molar-refractivity contribution in [3.8, 4) is 0 Å². The largest absolute Gasteiger partial charge is 0.481 e. The molecule has 0 radical (unpaired) electrons. The normalized spacial score (nSPS) is 9.45. The molecule has 11 heavy (non-hydrogen) atoms. The van der Waals surface area contributed by atoms with Crippen molar-refractivity contribution in [2.24, 2.45) is 0 Å². The van der Waals surface area contributed by atoms with Crippen LogP contribution in [-0.4, -0.2) is 24.3 Å². The molecule has 0 aliphatic heterocycles. The number of ether oxygens (including phenoxy) is 1. The number of rotatable bonds is 7. The smallest absolute Gasteiger partial charge is 0.305 e. The molecule has 0 saturated heterocycles. The van der Waals surface area contributed by atoms with E-state index in [-0.39, 0.29) is 6.42 Å². The highest BCUT2D eigenvalue weighted by molar-refractivity contribution is 5.66. The first kappa shape index (κ1) is 10.2. The highest BCUT2D eigenvalue weighted by atomic mass is 16.5. The van der Waals surface area contributed by atoms with Crippen LogP contribution in [0.2, 0.25) is 0 Å². The van der Waals surface area contributed by atoms with Crippen LogP contribution in [0.15, 0.2) is 12.7 Å². The molecule has 0 spiro atoms. The van der Waals surface area contributed by atoms with Gasteiger partial charge in [-0.25, -0.2) is 0 Å². The van der Waals surface area contributed by atoms with E-state index in [1.165, 1.54) is 0 Å². The van der Waals surface area contributed by atoms with E-state index < -0.39 is 5.97 Å². The molecule has 0 aromatic heterocycles. The van der Waals surface area contributed by atoms with Crippen molar-refractivity contribution < 1.29 is 14.6 Å². The third kappa shape index (κ3) is 9.17. The lowest BCUT2D eigenvalue weighted by molar-refractivity contribution is -0.138. The summed E-state index contributed by atoms with van der Waals surface area (Å²) >= 11 is 0. The molecule has 64 valence electrons. The van der Waals surface area contributed by atoms with E-state index in [9.17, 15) is 4.79 Å². The Morgan fingerprint density at radius 2 is 2.27 bits per heavy atom. The minimum absolute atomic E-state index is 0.0914. The van der Waals surface area contributed by atoms with E-state index in [4.69, 9.17) is 9.84 Å². The van der Waals surface area contributed by atoms with Crippen LogP contribution in [0.1, 0.15) is 19.3 Å². The Balaban J connectivity index is 2.90. The van der Waals surface area contributed by atoms with E-state index >= 15 is 0 Å². The first-order valence-corrected chi connectivity index (χ1v) is 3.68. The van der Waals surface area contributed by atoms with Gasteiger partial charge in [-0.05, 0) is 12.8 Å². The van der Waals surface area contributed by atoms with Gasteiger partial charge in [-0.2, -0.15) is 0 Å². The number of hydrogen-bond donors (Lipinski definition) is 1. The van der Waals surface area contributed by atoms with Gasteiger partial charge >= 0.3 is 5.97 Å². The van der Waals surface area contributed by atoms with E-state index in [2.05, 4.69) is 6.58 Å². The van der Waals surface area contributed by atoms with Crippen molar-refractivity contribution in [2.45, 2.75) is 19.3 Å². The number of hydrogen-bond acceptors (Lipinski definition) is 2. The quantitative estimate of drug-likeness (QED) is 0.450. The minimum Gasteiger partial charge on any atom is -0.481 e. The molecule has 0 aliphatic rings. The minimum atomic E-state index is -0.811. The maximum atomic E-state index is 9.99. The van der Waals surface area contributed by atoms with Crippen molar-refractivity contribution in [3.05, 3.63) is 12.7 Å². The molecule has 0 rings (SSSR count). The lowest BCUT2D eigenvalue weighted by Gasteiger charge is -1.99. The van der Waals surface area contributed by atoms with Gasteiger partial charge in [0.15, 0.2) is 0 Å². The number of unbranched alkanes of at least 4 members (excludes halogenated alkanes) is 1. The zero-order valence-electron chi connectivity index (χ0n) is 6.58. The molecule has 0 atom stereocenters. The molecule has 0 unspecified atom stereocenters. The summed E-state index contributed by atoms with van der Waals surface area (Å²) in [6.07, 6.45) is 3.75. The van der Waals surface area contributed by atoms with Crippen LogP contribution in [0.5, 0.6) is 0 Å². The summed E-state index contributed by atoms with van der Waals surface area (Å²) in [4.78, 5) is 9.99. The first-order valence-electron chi connectivity index (χ1n) is 3.68. The van der Waals surface area contributed by atoms with Gasteiger partial charge < -0.3 is 9.84 Å². The van der Waals surface area contributed by atoms with Gasteiger partial charge in [0.2, 0.25) is 0 Å². The van der Waals surface area contributed by atoms with Gasteiger partial charge in [0.1, 0.15) is 0 Å². The Morgan fingerprint density at radius 1 is 1.55 bits per heavy atom. The second kappa shape index (κ2) is 7.28. The molecular formula is C8H14O3. The molecule has 3 nitrogen and oxygen atoms in total. The molecule has 0 fully saturated rings. The molecule has 1 N–H and O–H groups in total. The molecule has 0 aromatic carbocycles. The van der Waals surface area contributed by atoms with E-state index in [1.54, 1.807) is 0 Å². The van der Waals surface area contributed by atoms with Gasteiger partial charge in [0.05, 0.1) is 13.0 Å². The Bertz CT molecular complexity index is 121. The molecule has 0 amide bonds. The van der Waals surface area contributed by atoms with Crippen molar-refractivity contribution >= 4 is 5.97 Å². The average Bonchev–Trinajstić information content (AvgIpc) is 1.96. The molecule has 0 heterocycles. The van der Waals surface area contributed by atoms with Crippen LogP contribution in [0.3, 0.4) is 0 Å². The van der Waals surface area contributed by atoms with Gasteiger partial charge in [-0.15, -0.1) is 6.58 Å². The molecule has 3 heteroatoms.